The summed E-state index contributed by atoms with van der Waals surface area (Å²) in [6.45, 7) is 6.84. The number of pyridine rings is 1. The van der Waals surface area contributed by atoms with Crippen molar-refractivity contribution in [2.75, 3.05) is 17.2 Å². The minimum absolute atomic E-state index is 0.0592. The van der Waals surface area contributed by atoms with Gasteiger partial charge in [-0.25, -0.2) is 8.78 Å². The Morgan fingerprint density at radius 2 is 1.95 bits per heavy atom. The summed E-state index contributed by atoms with van der Waals surface area (Å²) in [5.41, 5.74) is 7.01. The van der Waals surface area contributed by atoms with Crippen molar-refractivity contribution >= 4 is 53.3 Å². The maximum Gasteiger partial charge on any atom is 0.272 e. The molecule has 1 aromatic heterocycles. The summed E-state index contributed by atoms with van der Waals surface area (Å²) in [5, 5.41) is 19.1. The normalized spacial score (nSPS) is 19.6. The Hall–Kier alpha value is -3.26. The minimum Gasteiger partial charge on any atom is -0.383 e. The van der Waals surface area contributed by atoms with Crippen LogP contribution in [0.25, 0.3) is 10.9 Å². The molecule has 12 heteroatoms. The molecule has 2 radical (unpaired) electrons. The monoisotopic (exact) mass is 567 g/mol. The summed E-state index contributed by atoms with van der Waals surface area (Å²) in [4.78, 5) is 4.41. The quantitative estimate of drug-likeness (QED) is 0.265. The zero-order valence-electron chi connectivity index (χ0n) is 21.5. The molecule has 2 heterocycles. The van der Waals surface area contributed by atoms with Crippen LogP contribution in [0.3, 0.4) is 0 Å². The fourth-order valence-electron chi connectivity index (χ4n) is 4.45. The molecule has 0 saturated heterocycles. The Labute approximate surface area is 236 Å². The number of hydrogen-bond donors (Lipinski definition) is 4. The number of nitriles is 1. The van der Waals surface area contributed by atoms with E-state index < -0.39 is 17.4 Å². The van der Waals surface area contributed by atoms with Crippen molar-refractivity contribution < 1.29 is 8.78 Å². The summed E-state index contributed by atoms with van der Waals surface area (Å²) in [7, 11) is 7.00. The van der Waals surface area contributed by atoms with E-state index in [4.69, 9.17) is 31.0 Å². The van der Waals surface area contributed by atoms with E-state index in [1.165, 1.54) is 17.4 Å². The number of anilines is 2. The lowest BCUT2D eigenvalue weighted by Crippen LogP contribution is -2.46. The molecular formula is C27H26BCl2F2N7. The fourth-order valence-corrected chi connectivity index (χ4v) is 5.00. The summed E-state index contributed by atoms with van der Waals surface area (Å²) < 4.78 is 27.6. The number of halogens is 4. The Bertz CT molecular complexity index is 1520. The van der Waals surface area contributed by atoms with Gasteiger partial charge in [0.05, 0.1) is 32.9 Å². The van der Waals surface area contributed by atoms with E-state index in [1.807, 2.05) is 0 Å². The molecule has 2 aliphatic rings. The molecule has 0 amide bonds. The highest BCUT2D eigenvalue weighted by Gasteiger charge is 2.61. The summed E-state index contributed by atoms with van der Waals surface area (Å²) in [5.74, 6) is -2.79. The van der Waals surface area contributed by atoms with Gasteiger partial charge in [0, 0.05) is 41.5 Å². The average molecular weight is 568 g/mol. The van der Waals surface area contributed by atoms with Crippen molar-refractivity contribution in [3.05, 3.63) is 75.7 Å². The number of nitrogens with one attached hydrogen (secondary N) is 4. The number of nitrogens with zero attached hydrogens (tertiary/aromatic N) is 3. The lowest BCUT2D eigenvalue weighted by Gasteiger charge is -2.35. The summed E-state index contributed by atoms with van der Waals surface area (Å²) >= 11 is 13.2. The van der Waals surface area contributed by atoms with Crippen LogP contribution < -0.4 is 21.6 Å². The third-order valence-corrected chi connectivity index (χ3v) is 7.24. The summed E-state index contributed by atoms with van der Waals surface area (Å²) in [6.07, 6.45) is 2.74. The van der Waals surface area contributed by atoms with Crippen molar-refractivity contribution in [1.82, 2.24) is 21.0 Å². The lowest BCUT2D eigenvalue weighted by molar-refractivity contribution is 0.0724. The second kappa shape index (κ2) is 9.74. The predicted octanol–water partition coefficient (Wildman–Crippen LogP) is 5.88. The van der Waals surface area contributed by atoms with Crippen LogP contribution in [0.15, 0.2) is 54.5 Å². The van der Waals surface area contributed by atoms with E-state index in [-0.39, 0.29) is 11.8 Å². The van der Waals surface area contributed by atoms with Gasteiger partial charge < -0.3 is 16.1 Å². The molecule has 1 saturated carbocycles. The second-order valence-electron chi connectivity index (χ2n) is 11.0. The largest absolute Gasteiger partial charge is 0.383 e. The fraction of sp³-hybridized carbons (Fsp3) is 0.333. The first-order valence-electron chi connectivity index (χ1n) is 12.3. The van der Waals surface area contributed by atoms with Gasteiger partial charge in [-0.2, -0.15) is 5.26 Å². The first-order chi connectivity index (χ1) is 18.3. The Balaban J connectivity index is 1.60. The smallest absolute Gasteiger partial charge is 0.272 e. The van der Waals surface area contributed by atoms with Gasteiger partial charge in [-0.3, -0.25) is 9.99 Å². The molecule has 4 N–H and O–H groups in total. The Morgan fingerprint density at radius 1 is 1.23 bits per heavy atom. The van der Waals surface area contributed by atoms with E-state index in [0.29, 0.717) is 55.7 Å². The highest BCUT2D eigenvalue weighted by atomic mass is 35.5. The molecule has 1 aliphatic carbocycles. The molecule has 1 aliphatic heterocycles. The van der Waals surface area contributed by atoms with Crippen molar-refractivity contribution in [1.29, 1.82) is 5.26 Å². The molecule has 200 valence electrons. The molecule has 0 bridgehead atoms. The van der Waals surface area contributed by atoms with Crippen LogP contribution in [0.4, 0.5) is 20.2 Å². The number of aromatic nitrogens is 1. The topological polar surface area (TPSA) is 88.0 Å². The van der Waals surface area contributed by atoms with Gasteiger partial charge in [0.1, 0.15) is 20.0 Å². The zero-order valence-corrected chi connectivity index (χ0v) is 23.1. The number of rotatable bonds is 7. The molecule has 1 fully saturated rings. The molecule has 39 heavy (non-hydrogen) atoms. The van der Waals surface area contributed by atoms with Crippen LogP contribution in [0.2, 0.25) is 10.0 Å². The molecule has 5 rings (SSSR count). The summed E-state index contributed by atoms with van der Waals surface area (Å²) in [6, 6.07) is 11.7. The van der Waals surface area contributed by atoms with E-state index in [1.54, 1.807) is 36.4 Å². The van der Waals surface area contributed by atoms with Gasteiger partial charge in [0.25, 0.3) is 5.92 Å². The number of fused-ring (bicyclic) bond motifs is 1. The van der Waals surface area contributed by atoms with E-state index in [9.17, 15) is 14.0 Å². The molecule has 3 aromatic rings. The lowest BCUT2D eigenvalue weighted by atomic mass is 9.69. The van der Waals surface area contributed by atoms with E-state index in [0.717, 1.165) is 0 Å². The maximum atomic E-state index is 13.8. The number of alkyl halides is 2. The first kappa shape index (κ1) is 27.3. The third-order valence-electron chi connectivity index (χ3n) is 6.62. The van der Waals surface area contributed by atoms with Crippen molar-refractivity contribution in [2.45, 2.75) is 44.6 Å². The Kier molecular flexibility index (Phi) is 6.82. The van der Waals surface area contributed by atoms with Gasteiger partial charge in [-0.15, -0.1) is 5.53 Å². The SMILES string of the molecule is [B]C(Nc1cc(Cl)c2ncc(C#N)c(NCC(C)(C)C)c2c1)(C1=CN(C2CC2(F)F)NN1)c1ccccc1Cl. The van der Waals surface area contributed by atoms with E-state index >= 15 is 0 Å². The van der Waals surface area contributed by atoms with Gasteiger partial charge >= 0.3 is 0 Å². The molecule has 2 unspecified atom stereocenters. The predicted molar refractivity (Wildman–Crippen MR) is 151 cm³/mol. The van der Waals surface area contributed by atoms with Crippen LogP contribution in [-0.2, 0) is 5.44 Å². The van der Waals surface area contributed by atoms with E-state index in [2.05, 4.69) is 53.4 Å². The highest BCUT2D eigenvalue weighted by Crippen LogP contribution is 2.47. The average Bonchev–Trinajstić information content (AvgIpc) is 3.24. The van der Waals surface area contributed by atoms with Crippen LogP contribution >= 0.6 is 23.2 Å². The van der Waals surface area contributed by atoms with Gasteiger partial charge in [-0.1, -0.05) is 62.2 Å². The van der Waals surface area contributed by atoms with Crippen LogP contribution in [0, 0.1) is 16.7 Å². The van der Waals surface area contributed by atoms with Gasteiger partial charge in [0.2, 0.25) is 0 Å². The zero-order chi connectivity index (χ0) is 28.2. The minimum atomic E-state index is -2.79. The molecule has 0 spiro atoms. The van der Waals surface area contributed by atoms with Crippen LogP contribution in [-0.4, -0.2) is 36.3 Å². The molecule has 7 nitrogen and oxygen atoms in total. The van der Waals surface area contributed by atoms with Crippen molar-refractivity contribution in [3.63, 3.8) is 0 Å². The highest BCUT2D eigenvalue weighted by molar-refractivity contribution is 6.36. The molecular weight excluding hydrogens is 542 g/mol. The van der Waals surface area contributed by atoms with Crippen LogP contribution in [0.1, 0.15) is 38.3 Å². The molecule has 2 atom stereocenters. The van der Waals surface area contributed by atoms with Crippen molar-refractivity contribution in [2.24, 2.45) is 5.41 Å². The molecule has 2 aromatic carbocycles. The first-order valence-corrected chi connectivity index (χ1v) is 13.1. The standard InChI is InChI=1S/C27H26BCl2F2N7/c1-25(2,3)14-35-23-15(11-33)12-34-24-17(23)8-16(9-20(24)30)36-27(28,18-6-4-5-7-19(18)29)21-13-39(38-37-21)22-10-26(22,31)32/h4-9,12-13,22,36-38H,10,14H2,1-3H3,(H,34,35). The Morgan fingerprint density at radius 3 is 2.59 bits per heavy atom. The second-order valence-corrected chi connectivity index (χ2v) is 11.8. The van der Waals surface area contributed by atoms with Crippen molar-refractivity contribution in [3.8, 4) is 6.07 Å². The van der Waals surface area contributed by atoms with Gasteiger partial charge in [-0.05, 0) is 29.2 Å². The van der Waals surface area contributed by atoms with Gasteiger partial charge in [0.15, 0.2) is 0 Å². The third kappa shape index (κ3) is 5.31. The number of benzene rings is 2. The number of hydrogen-bond acceptors (Lipinski definition) is 7. The van der Waals surface area contributed by atoms with Crippen LogP contribution in [0.5, 0.6) is 0 Å². The maximum absolute atomic E-state index is 13.8. The number of hydrazine groups is 2.